The predicted molar refractivity (Wildman–Crippen MR) is 101 cm³/mol. The maximum atomic E-state index is 10.5. The van der Waals surface area contributed by atoms with Gasteiger partial charge in [-0.2, -0.15) is 0 Å². The highest BCUT2D eigenvalue weighted by Gasteiger charge is 2.50. The lowest BCUT2D eigenvalue weighted by molar-refractivity contribution is -0.359. The molecular formula is C19H36O11. The highest BCUT2D eigenvalue weighted by molar-refractivity contribution is 4.94. The van der Waals surface area contributed by atoms with Gasteiger partial charge >= 0.3 is 0 Å². The van der Waals surface area contributed by atoms with E-state index in [1.807, 2.05) is 0 Å². The average Bonchev–Trinajstić information content (AvgIpc) is 2.75. The lowest BCUT2D eigenvalue weighted by Gasteiger charge is -2.45. The van der Waals surface area contributed by atoms with Crippen LogP contribution in [0.15, 0.2) is 0 Å². The summed E-state index contributed by atoms with van der Waals surface area (Å²) >= 11 is 0. The topological polar surface area (TPSA) is 179 Å². The zero-order valence-electron chi connectivity index (χ0n) is 17.2. The lowest BCUT2D eigenvalue weighted by Crippen LogP contribution is -2.64. The van der Waals surface area contributed by atoms with E-state index in [-0.39, 0.29) is 0 Å². The molecule has 0 aliphatic carbocycles. The third kappa shape index (κ3) is 6.30. The van der Waals surface area contributed by atoms with Gasteiger partial charge in [0.1, 0.15) is 48.8 Å². The van der Waals surface area contributed by atoms with Gasteiger partial charge in [0.15, 0.2) is 12.6 Å². The van der Waals surface area contributed by atoms with Gasteiger partial charge in [-0.3, -0.25) is 0 Å². The second-order valence-electron chi connectivity index (χ2n) is 7.79. The molecule has 0 unspecified atom stereocenters. The molecule has 0 saturated carbocycles. The van der Waals surface area contributed by atoms with Crippen LogP contribution in [-0.2, 0) is 18.9 Å². The summed E-state index contributed by atoms with van der Waals surface area (Å²) in [4.78, 5) is 0. The molecule has 2 heterocycles. The van der Waals surface area contributed by atoms with E-state index >= 15 is 0 Å². The first kappa shape index (κ1) is 25.8. The Balaban J connectivity index is 1.94. The van der Waals surface area contributed by atoms with Crippen molar-refractivity contribution in [2.75, 3.05) is 19.8 Å². The van der Waals surface area contributed by atoms with Gasteiger partial charge in [-0.15, -0.1) is 0 Å². The van der Waals surface area contributed by atoms with E-state index < -0.39 is 74.6 Å². The normalized spacial score (nSPS) is 42.4. The summed E-state index contributed by atoms with van der Waals surface area (Å²) < 4.78 is 21.8. The molecule has 10 atom stereocenters. The van der Waals surface area contributed by atoms with E-state index in [1.54, 1.807) is 0 Å². The molecule has 30 heavy (non-hydrogen) atoms. The largest absolute Gasteiger partial charge is 0.394 e. The SMILES string of the molecule is CCCCCCCO[C@H]1O[C@H](CO)[C@@H](O[C@H]2O[C@H](CO)[C@@H](O)[C@H](O)[C@H]2O)[C@H](O)[C@H]1O. The number of rotatable bonds is 11. The second kappa shape index (κ2) is 12.6. The van der Waals surface area contributed by atoms with Crippen LogP contribution in [0.1, 0.15) is 39.0 Å². The molecule has 0 amide bonds. The maximum absolute atomic E-state index is 10.5. The van der Waals surface area contributed by atoms with Crippen LogP contribution in [0.3, 0.4) is 0 Å². The van der Waals surface area contributed by atoms with Gasteiger partial charge in [-0.1, -0.05) is 32.6 Å². The van der Waals surface area contributed by atoms with Crippen LogP contribution in [-0.4, -0.2) is 117 Å². The minimum absolute atomic E-state index is 0.314. The van der Waals surface area contributed by atoms with Gasteiger partial charge in [-0.05, 0) is 6.42 Å². The van der Waals surface area contributed by atoms with E-state index in [1.165, 1.54) is 0 Å². The molecule has 2 aliphatic rings. The van der Waals surface area contributed by atoms with Crippen LogP contribution in [0, 0.1) is 0 Å². The minimum Gasteiger partial charge on any atom is -0.394 e. The highest BCUT2D eigenvalue weighted by atomic mass is 16.7. The average molecular weight is 440 g/mol. The number of aliphatic hydroxyl groups is 7. The fourth-order valence-corrected chi connectivity index (χ4v) is 3.60. The summed E-state index contributed by atoms with van der Waals surface area (Å²) in [5, 5.41) is 69.6. The van der Waals surface area contributed by atoms with Crippen molar-refractivity contribution < 1.29 is 54.7 Å². The molecule has 2 fully saturated rings. The van der Waals surface area contributed by atoms with Crippen molar-refractivity contribution in [2.45, 2.75) is 100 Å². The molecule has 7 N–H and O–H groups in total. The third-order valence-corrected chi connectivity index (χ3v) is 5.49. The standard InChI is InChI=1S/C19H36O11/c1-2-3-4-5-6-7-27-18-16(26)14(24)17(11(9-21)29-18)30-19-15(25)13(23)12(22)10(8-20)28-19/h10-26H,2-9H2,1H3/t10-,11-,12-,13+,14-,15-,16-,17-,18+,19-/m1/s1. The Hall–Kier alpha value is -0.440. The third-order valence-electron chi connectivity index (χ3n) is 5.49. The van der Waals surface area contributed by atoms with Gasteiger partial charge in [0.25, 0.3) is 0 Å². The van der Waals surface area contributed by atoms with E-state index in [9.17, 15) is 35.7 Å². The van der Waals surface area contributed by atoms with Crippen LogP contribution < -0.4 is 0 Å². The van der Waals surface area contributed by atoms with Gasteiger partial charge in [0, 0.05) is 6.61 Å². The summed E-state index contributed by atoms with van der Waals surface area (Å²) in [6, 6.07) is 0. The van der Waals surface area contributed by atoms with Crippen LogP contribution in [0.5, 0.6) is 0 Å². The molecule has 0 spiro atoms. The molecule has 178 valence electrons. The van der Waals surface area contributed by atoms with Crippen LogP contribution in [0.4, 0.5) is 0 Å². The lowest BCUT2D eigenvalue weighted by atomic mass is 9.97. The molecule has 2 rings (SSSR count). The van der Waals surface area contributed by atoms with Crippen LogP contribution in [0.25, 0.3) is 0 Å². The van der Waals surface area contributed by atoms with Crippen molar-refractivity contribution in [3.8, 4) is 0 Å². The zero-order chi connectivity index (χ0) is 22.3. The molecular weight excluding hydrogens is 404 g/mol. The Kier molecular flexibility index (Phi) is 10.8. The first-order valence-corrected chi connectivity index (χ1v) is 10.6. The van der Waals surface area contributed by atoms with E-state index in [0.717, 1.165) is 32.1 Å². The molecule has 0 radical (unpaired) electrons. The van der Waals surface area contributed by atoms with Gasteiger partial charge in [-0.25, -0.2) is 0 Å². The molecule has 2 aliphatic heterocycles. The fourth-order valence-electron chi connectivity index (χ4n) is 3.60. The molecule has 0 aromatic heterocycles. The van der Waals surface area contributed by atoms with Crippen molar-refractivity contribution in [1.82, 2.24) is 0 Å². The Morgan fingerprint density at radius 1 is 0.667 bits per heavy atom. The van der Waals surface area contributed by atoms with Crippen molar-refractivity contribution in [1.29, 1.82) is 0 Å². The summed E-state index contributed by atoms with van der Waals surface area (Å²) in [7, 11) is 0. The Morgan fingerprint density at radius 2 is 1.27 bits per heavy atom. The molecule has 11 heteroatoms. The van der Waals surface area contributed by atoms with E-state index in [2.05, 4.69) is 6.92 Å². The summed E-state index contributed by atoms with van der Waals surface area (Å²) in [6.07, 6.45) is -9.25. The van der Waals surface area contributed by atoms with E-state index in [0.29, 0.717) is 6.61 Å². The van der Waals surface area contributed by atoms with Crippen molar-refractivity contribution in [3.05, 3.63) is 0 Å². The monoisotopic (exact) mass is 440 g/mol. The van der Waals surface area contributed by atoms with Crippen LogP contribution in [0.2, 0.25) is 0 Å². The van der Waals surface area contributed by atoms with E-state index in [4.69, 9.17) is 18.9 Å². The second-order valence-corrected chi connectivity index (χ2v) is 7.79. The number of unbranched alkanes of at least 4 members (excludes halogenated alkanes) is 4. The maximum Gasteiger partial charge on any atom is 0.187 e. The van der Waals surface area contributed by atoms with Crippen molar-refractivity contribution >= 4 is 0 Å². The first-order chi connectivity index (χ1) is 14.3. The number of aliphatic hydroxyl groups excluding tert-OH is 7. The molecule has 2 saturated heterocycles. The highest BCUT2D eigenvalue weighted by Crippen LogP contribution is 2.29. The number of ether oxygens (including phenoxy) is 4. The Morgan fingerprint density at radius 3 is 1.90 bits per heavy atom. The first-order valence-electron chi connectivity index (χ1n) is 10.6. The van der Waals surface area contributed by atoms with Gasteiger partial charge < -0.3 is 54.7 Å². The molecule has 11 nitrogen and oxygen atoms in total. The summed E-state index contributed by atoms with van der Waals surface area (Å²) in [5.41, 5.74) is 0. The van der Waals surface area contributed by atoms with Gasteiger partial charge in [0.05, 0.1) is 13.2 Å². The number of hydrogen-bond acceptors (Lipinski definition) is 11. The molecule has 0 bridgehead atoms. The Bertz CT molecular complexity index is 477. The fraction of sp³-hybridized carbons (Fsp3) is 1.00. The van der Waals surface area contributed by atoms with Crippen molar-refractivity contribution in [3.63, 3.8) is 0 Å². The summed E-state index contributed by atoms with van der Waals surface area (Å²) in [6.45, 7) is 1.20. The molecule has 0 aromatic carbocycles. The molecule has 0 aromatic rings. The van der Waals surface area contributed by atoms with Crippen molar-refractivity contribution in [2.24, 2.45) is 0 Å². The van der Waals surface area contributed by atoms with Crippen LogP contribution >= 0.6 is 0 Å². The predicted octanol–water partition coefficient (Wildman–Crippen LogP) is -2.40. The smallest absolute Gasteiger partial charge is 0.187 e. The number of hydrogen-bond donors (Lipinski definition) is 7. The Labute approximate surface area is 175 Å². The minimum atomic E-state index is -1.69. The summed E-state index contributed by atoms with van der Waals surface area (Å²) in [5.74, 6) is 0. The zero-order valence-corrected chi connectivity index (χ0v) is 17.2. The van der Waals surface area contributed by atoms with Gasteiger partial charge in [0.2, 0.25) is 0 Å². The quantitative estimate of drug-likeness (QED) is 0.170.